The van der Waals surface area contributed by atoms with Gasteiger partial charge in [-0.3, -0.25) is 15.0 Å². The fourth-order valence-electron chi connectivity index (χ4n) is 5.06. The number of hydrogen-bond donors (Lipinski definition) is 8. The number of halogens is 6. The number of amidine groups is 1. The van der Waals surface area contributed by atoms with Gasteiger partial charge in [0.2, 0.25) is 15.7 Å². The fourth-order valence-corrected chi connectivity index (χ4v) is 8.97. The van der Waals surface area contributed by atoms with Crippen LogP contribution in [0.15, 0.2) is 61.5 Å². The van der Waals surface area contributed by atoms with E-state index in [0.717, 1.165) is 55.4 Å². The maximum atomic E-state index is 13.8. The number of anilines is 1. The number of unbranched alkanes of at least 4 members (excludes halogenated alkanes) is 7. The third kappa shape index (κ3) is 18.3. The van der Waals surface area contributed by atoms with Gasteiger partial charge in [0.05, 0.1) is 30.3 Å². The summed E-state index contributed by atoms with van der Waals surface area (Å²) in [6.07, 6.45) is -0.552. The molecule has 0 radical (unpaired) electrons. The molecule has 0 saturated heterocycles. The van der Waals surface area contributed by atoms with Gasteiger partial charge in [0, 0.05) is 18.4 Å². The lowest BCUT2D eigenvalue weighted by Crippen LogP contribution is -2.22. The second-order valence-electron chi connectivity index (χ2n) is 12.5. The van der Waals surface area contributed by atoms with Gasteiger partial charge in [0.15, 0.2) is 5.96 Å². The Labute approximate surface area is 348 Å². The Kier molecular flexibility index (Phi) is 21.1. The number of thioether (sulfide) groups is 1. The first kappa shape index (κ1) is 52.7. The number of aliphatic imine (C=N–C) groups is 1. The zero-order valence-corrected chi connectivity index (χ0v) is 34.5. The predicted molar refractivity (Wildman–Crippen MR) is 214 cm³/mol. The van der Waals surface area contributed by atoms with Crippen molar-refractivity contribution in [3.8, 4) is 11.1 Å². The van der Waals surface area contributed by atoms with Crippen molar-refractivity contribution in [2.75, 3.05) is 11.6 Å². The molecule has 11 N–H and O–H groups in total. The molecule has 0 aliphatic heterocycles. The molecule has 0 saturated carbocycles. The molecular formula is C36H44F6N6O9S3. The SMILES string of the molecule is CSc1sc(C(=N)N)cc1S(=O)(=O)c1cccc(-c2c(C)cc(N=C(N)N)cc2NC(=O)CCCCCCCCCCC(=O)O)c1.O=C(O)C(F)(F)F.O=C(O)C(F)(F)F. The van der Waals surface area contributed by atoms with Crippen molar-refractivity contribution in [3.63, 3.8) is 0 Å². The molecule has 24 heteroatoms. The van der Waals surface area contributed by atoms with Crippen molar-refractivity contribution in [1.82, 2.24) is 0 Å². The Balaban J connectivity index is 0.00000110. The summed E-state index contributed by atoms with van der Waals surface area (Å²) in [5.41, 5.74) is 19.7. The zero-order chi connectivity index (χ0) is 46.0. The third-order valence-electron chi connectivity index (χ3n) is 7.72. The molecule has 0 atom stereocenters. The van der Waals surface area contributed by atoms with Crippen LogP contribution < -0.4 is 22.5 Å². The summed E-state index contributed by atoms with van der Waals surface area (Å²) in [6, 6.07) is 11.4. The number of nitrogens with zero attached hydrogens (tertiary/aromatic N) is 1. The van der Waals surface area contributed by atoms with Gasteiger partial charge >= 0.3 is 30.3 Å². The number of nitrogens with two attached hydrogens (primary N) is 3. The number of carboxylic acids is 3. The Morgan fingerprint density at radius 2 is 1.32 bits per heavy atom. The van der Waals surface area contributed by atoms with Crippen LogP contribution in [0.4, 0.5) is 37.7 Å². The monoisotopic (exact) mass is 914 g/mol. The van der Waals surface area contributed by atoms with Gasteiger partial charge < -0.3 is 37.8 Å². The Bertz CT molecular complexity index is 2100. The molecule has 60 heavy (non-hydrogen) atoms. The molecule has 1 amide bonds. The summed E-state index contributed by atoms with van der Waals surface area (Å²) in [4.78, 5) is 46.2. The van der Waals surface area contributed by atoms with Gasteiger partial charge in [-0.05, 0) is 67.5 Å². The predicted octanol–water partition coefficient (Wildman–Crippen LogP) is 7.66. The third-order valence-corrected chi connectivity index (χ3v) is 12.1. The van der Waals surface area contributed by atoms with E-state index in [4.69, 9.17) is 47.5 Å². The van der Waals surface area contributed by atoms with Crippen LogP contribution in [0.25, 0.3) is 11.1 Å². The van der Waals surface area contributed by atoms with E-state index in [1.165, 1.54) is 23.9 Å². The quantitative estimate of drug-likeness (QED) is 0.0200. The number of carbonyl (C=O) groups is 4. The Morgan fingerprint density at radius 1 is 0.817 bits per heavy atom. The second kappa shape index (κ2) is 24.0. The molecule has 0 spiro atoms. The number of benzene rings is 2. The number of aryl methyl sites for hydroxylation is 1. The number of carbonyl (C=O) groups excluding carboxylic acids is 1. The minimum atomic E-state index is -5.08. The molecular weight excluding hydrogens is 871 g/mol. The van der Waals surface area contributed by atoms with Crippen LogP contribution in [0.5, 0.6) is 0 Å². The normalized spacial score (nSPS) is 11.3. The molecule has 1 heterocycles. The van der Waals surface area contributed by atoms with Gasteiger partial charge in [0.1, 0.15) is 5.84 Å². The van der Waals surface area contributed by atoms with Gasteiger partial charge in [-0.25, -0.2) is 23.0 Å². The Morgan fingerprint density at radius 3 is 1.77 bits per heavy atom. The van der Waals surface area contributed by atoms with Crippen molar-refractivity contribution in [1.29, 1.82) is 5.41 Å². The average Bonchev–Trinajstić information content (AvgIpc) is 3.58. The average molecular weight is 915 g/mol. The van der Waals surface area contributed by atoms with E-state index in [0.29, 0.717) is 50.9 Å². The van der Waals surface area contributed by atoms with Crippen molar-refractivity contribution >= 4 is 79.9 Å². The van der Waals surface area contributed by atoms with Crippen LogP contribution in [0.2, 0.25) is 0 Å². The van der Waals surface area contributed by atoms with E-state index < -0.39 is 40.1 Å². The number of sulfone groups is 1. The van der Waals surface area contributed by atoms with Crippen LogP contribution in [-0.4, -0.2) is 78.0 Å². The molecule has 3 rings (SSSR count). The van der Waals surface area contributed by atoms with E-state index in [2.05, 4.69) is 10.3 Å². The Hall–Kier alpha value is -5.36. The van der Waals surface area contributed by atoms with Gasteiger partial charge in [0.25, 0.3) is 0 Å². The van der Waals surface area contributed by atoms with Crippen LogP contribution in [0.3, 0.4) is 0 Å². The second-order valence-corrected chi connectivity index (χ2v) is 16.6. The molecule has 0 aliphatic carbocycles. The standard InChI is InChI=1S/C32H42N6O5S3.2C2HF3O2/c1-20-16-22(37-32(35)36)18-24(38-27(39)14-9-7-5-3-4-6-8-10-15-28(40)41)29(20)21-12-11-13-23(17-21)46(42,43)26-19-25(30(33)34)45-31(26)44-2;2*3-2(4,5)1(6)7/h11-13,16-19H,3-10,14-15H2,1-2H3,(H3,33,34)(H,38,39)(H,40,41)(H4,35,36,37);2*(H,6,7). The van der Waals surface area contributed by atoms with E-state index in [1.807, 2.05) is 6.92 Å². The lowest BCUT2D eigenvalue weighted by molar-refractivity contribution is -0.193. The summed E-state index contributed by atoms with van der Waals surface area (Å²) in [7, 11) is -3.96. The zero-order valence-electron chi connectivity index (χ0n) is 32.1. The van der Waals surface area contributed by atoms with Gasteiger partial charge in [-0.15, -0.1) is 23.1 Å². The number of alkyl halides is 6. The summed E-state index contributed by atoms with van der Waals surface area (Å²) >= 11 is 2.44. The summed E-state index contributed by atoms with van der Waals surface area (Å²) in [6.45, 7) is 1.84. The van der Waals surface area contributed by atoms with Crippen LogP contribution in [0, 0.1) is 12.3 Å². The lowest BCUT2D eigenvalue weighted by atomic mass is 9.97. The number of guanidine groups is 1. The lowest BCUT2D eigenvalue weighted by Gasteiger charge is -2.16. The first-order valence-electron chi connectivity index (χ1n) is 17.5. The molecule has 2 aromatic carbocycles. The molecule has 0 fully saturated rings. The number of nitrogens with one attached hydrogen (secondary N) is 2. The molecule has 1 aromatic heterocycles. The number of hydrogen-bond acceptors (Lipinski definition) is 10. The fraction of sp³-hybridized carbons (Fsp3) is 0.389. The van der Waals surface area contributed by atoms with Gasteiger partial charge in [-0.1, -0.05) is 50.7 Å². The van der Waals surface area contributed by atoms with E-state index in [9.17, 15) is 44.3 Å². The van der Waals surface area contributed by atoms with Crippen LogP contribution >= 0.6 is 23.1 Å². The first-order chi connectivity index (χ1) is 27.7. The van der Waals surface area contributed by atoms with Gasteiger partial charge in [-0.2, -0.15) is 26.3 Å². The maximum absolute atomic E-state index is 13.8. The number of nitrogen functional groups attached to an aromatic ring is 1. The minimum absolute atomic E-state index is 0.0695. The van der Waals surface area contributed by atoms with E-state index in [1.54, 1.807) is 36.6 Å². The number of aliphatic carboxylic acids is 3. The van der Waals surface area contributed by atoms with Crippen LogP contribution in [-0.2, 0) is 29.0 Å². The highest BCUT2D eigenvalue weighted by Crippen LogP contribution is 2.40. The van der Waals surface area contributed by atoms with Crippen molar-refractivity contribution in [2.24, 2.45) is 22.2 Å². The number of thiophene rings is 1. The number of rotatable bonds is 18. The molecule has 0 aliphatic rings. The minimum Gasteiger partial charge on any atom is -0.481 e. The smallest absolute Gasteiger partial charge is 0.481 e. The number of carboxylic acid groups (broad SMARTS) is 3. The molecule has 3 aromatic rings. The van der Waals surface area contributed by atoms with E-state index >= 15 is 0 Å². The van der Waals surface area contributed by atoms with Crippen molar-refractivity contribution < 1.29 is 69.3 Å². The summed E-state index contributed by atoms with van der Waals surface area (Å²) in [5.74, 6) is -6.78. The largest absolute Gasteiger partial charge is 0.490 e. The summed E-state index contributed by atoms with van der Waals surface area (Å²) in [5, 5.41) is 33.7. The highest BCUT2D eigenvalue weighted by atomic mass is 32.2. The topological polar surface area (TPSA) is 289 Å². The molecule has 332 valence electrons. The van der Waals surface area contributed by atoms with Crippen molar-refractivity contribution in [2.45, 2.75) is 97.5 Å². The number of amides is 1. The molecule has 0 unspecified atom stereocenters. The van der Waals surface area contributed by atoms with E-state index in [-0.39, 0.29) is 33.9 Å². The molecule has 15 nitrogen and oxygen atoms in total. The highest BCUT2D eigenvalue weighted by Gasteiger charge is 2.39. The first-order valence-corrected chi connectivity index (χ1v) is 21.0. The van der Waals surface area contributed by atoms with Crippen molar-refractivity contribution in [3.05, 3.63) is 52.9 Å². The maximum Gasteiger partial charge on any atom is 0.490 e. The summed E-state index contributed by atoms with van der Waals surface area (Å²) < 4.78 is 91.6. The molecule has 0 bridgehead atoms. The highest BCUT2D eigenvalue weighted by molar-refractivity contribution is 8.01. The van der Waals surface area contributed by atoms with Crippen LogP contribution in [0.1, 0.15) is 74.6 Å².